The van der Waals surface area contributed by atoms with Crippen LogP contribution in [0.5, 0.6) is 0 Å². The van der Waals surface area contributed by atoms with Crippen molar-refractivity contribution in [1.82, 2.24) is 0 Å². The quantitative estimate of drug-likeness (QED) is 0.406. The second-order valence-corrected chi connectivity index (χ2v) is 3.55. The third-order valence-electron chi connectivity index (χ3n) is 2.47. The zero-order valence-electron chi connectivity index (χ0n) is 7.82. The minimum absolute atomic E-state index is 0.0705. The van der Waals surface area contributed by atoms with E-state index in [-0.39, 0.29) is 12.1 Å². The first-order chi connectivity index (χ1) is 6.27. The summed E-state index contributed by atoms with van der Waals surface area (Å²) in [7, 11) is 0. The van der Waals surface area contributed by atoms with Crippen LogP contribution in [0.3, 0.4) is 0 Å². The molecule has 2 aliphatic heterocycles. The molecular formula is C10H14NO2+. The Hall–Kier alpha value is -1.12. The van der Waals surface area contributed by atoms with Crippen LogP contribution >= 0.6 is 0 Å². The number of ether oxygens (including phenoxy) is 1. The monoisotopic (exact) mass is 180 g/mol. The van der Waals surface area contributed by atoms with Crippen molar-refractivity contribution in [2.75, 3.05) is 13.1 Å². The van der Waals surface area contributed by atoms with Crippen molar-refractivity contribution < 1.29 is 14.1 Å². The molecule has 70 valence electrons. The van der Waals surface area contributed by atoms with Crippen LogP contribution in [0, 0.1) is 0 Å². The molecule has 0 aliphatic carbocycles. The van der Waals surface area contributed by atoms with E-state index in [1.54, 1.807) is 0 Å². The number of esters is 1. The minimum Gasteiger partial charge on any atom is -0.450 e. The maximum Gasteiger partial charge on any atom is 0.403 e. The van der Waals surface area contributed by atoms with Gasteiger partial charge in [-0.15, -0.1) is 0 Å². The Balaban J connectivity index is 2.27. The van der Waals surface area contributed by atoms with Gasteiger partial charge in [-0.1, -0.05) is 0 Å². The fraction of sp³-hybridized carbons (Fsp3) is 0.600. The van der Waals surface area contributed by atoms with Crippen molar-refractivity contribution in [1.29, 1.82) is 0 Å². The van der Waals surface area contributed by atoms with Crippen LogP contribution in [0.4, 0.5) is 0 Å². The van der Waals surface area contributed by atoms with Gasteiger partial charge in [-0.3, -0.25) is 0 Å². The molecule has 2 aliphatic rings. The van der Waals surface area contributed by atoms with Gasteiger partial charge in [-0.25, -0.2) is 9.37 Å². The molecule has 0 saturated carbocycles. The molecule has 0 spiro atoms. The molecule has 0 aromatic heterocycles. The topological polar surface area (TPSA) is 29.3 Å². The van der Waals surface area contributed by atoms with E-state index in [0.29, 0.717) is 0 Å². The van der Waals surface area contributed by atoms with E-state index in [1.807, 2.05) is 19.1 Å². The Kier molecular flexibility index (Phi) is 2.17. The largest absolute Gasteiger partial charge is 0.450 e. The van der Waals surface area contributed by atoms with Gasteiger partial charge >= 0.3 is 5.97 Å². The van der Waals surface area contributed by atoms with Gasteiger partial charge in [-0.05, 0) is 13.0 Å². The number of nitrogens with zero attached hydrogens (tertiary/aromatic N) is 1. The summed E-state index contributed by atoms with van der Waals surface area (Å²) in [6.07, 6.45) is 6.11. The van der Waals surface area contributed by atoms with Crippen molar-refractivity contribution in [3.63, 3.8) is 0 Å². The van der Waals surface area contributed by atoms with Gasteiger partial charge in [0.2, 0.25) is 0 Å². The van der Waals surface area contributed by atoms with E-state index in [0.717, 1.165) is 18.8 Å². The third kappa shape index (κ3) is 1.64. The molecule has 13 heavy (non-hydrogen) atoms. The SMILES string of the molecule is CC1C=CC(=[N+]2CCCC2)C(=O)O1. The van der Waals surface area contributed by atoms with E-state index in [1.165, 1.54) is 12.8 Å². The first kappa shape index (κ1) is 8.48. The molecule has 0 bridgehead atoms. The standard InChI is InChI=1S/C10H14NO2/c1-8-4-5-9(10(12)13-8)11-6-2-3-7-11/h4-5,8H,2-3,6-7H2,1H3/q+1. The number of cyclic esters (lactones) is 1. The van der Waals surface area contributed by atoms with Crippen LogP contribution in [0.15, 0.2) is 12.2 Å². The molecule has 3 heteroatoms. The lowest BCUT2D eigenvalue weighted by molar-refractivity contribution is -0.504. The molecule has 3 nitrogen and oxygen atoms in total. The first-order valence-corrected chi connectivity index (χ1v) is 4.78. The van der Waals surface area contributed by atoms with Crippen molar-refractivity contribution >= 4 is 11.7 Å². The summed E-state index contributed by atoms with van der Waals surface area (Å²) < 4.78 is 7.21. The summed E-state index contributed by atoms with van der Waals surface area (Å²) in [5.41, 5.74) is 0.732. The zero-order chi connectivity index (χ0) is 9.26. The van der Waals surface area contributed by atoms with E-state index >= 15 is 0 Å². The van der Waals surface area contributed by atoms with E-state index in [2.05, 4.69) is 4.58 Å². The summed E-state index contributed by atoms with van der Waals surface area (Å²) in [6.45, 7) is 3.85. The number of carbonyl (C=O) groups excluding carboxylic acids is 1. The van der Waals surface area contributed by atoms with Gasteiger partial charge in [0.1, 0.15) is 19.2 Å². The van der Waals surface area contributed by atoms with Crippen LogP contribution in [0.1, 0.15) is 19.8 Å². The van der Waals surface area contributed by atoms with Crippen molar-refractivity contribution in [3.05, 3.63) is 12.2 Å². The highest BCUT2D eigenvalue weighted by Crippen LogP contribution is 2.08. The van der Waals surface area contributed by atoms with Gasteiger partial charge in [0.25, 0.3) is 5.71 Å². The van der Waals surface area contributed by atoms with Crippen LogP contribution in [0.25, 0.3) is 0 Å². The summed E-state index contributed by atoms with van der Waals surface area (Å²) >= 11 is 0. The van der Waals surface area contributed by atoms with Gasteiger partial charge in [0.15, 0.2) is 0 Å². The summed E-state index contributed by atoms with van der Waals surface area (Å²) in [5, 5.41) is 0. The Morgan fingerprint density at radius 3 is 2.77 bits per heavy atom. The van der Waals surface area contributed by atoms with Crippen molar-refractivity contribution in [2.45, 2.75) is 25.9 Å². The molecule has 0 N–H and O–H groups in total. The molecular weight excluding hydrogens is 166 g/mol. The summed E-state index contributed by atoms with van der Waals surface area (Å²) in [6, 6.07) is 0. The third-order valence-corrected chi connectivity index (χ3v) is 2.47. The maximum atomic E-state index is 11.4. The predicted octanol–water partition coefficient (Wildman–Crippen LogP) is 0.735. The lowest BCUT2D eigenvalue weighted by Gasteiger charge is -2.12. The average Bonchev–Trinajstić information content (AvgIpc) is 2.56. The van der Waals surface area contributed by atoms with E-state index in [4.69, 9.17) is 4.74 Å². The molecule has 1 saturated heterocycles. The highest BCUT2D eigenvalue weighted by Gasteiger charge is 2.28. The van der Waals surface area contributed by atoms with Gasteiger partial charge in [0, 0.05) is 18.9 Å². The number of hydrogen-bond donors (Lipinski definition) is 0. The smallest absolute Gasteiger partial charge is 0.403 e. The molecule has 2 heterocycles. The molecule has 0 aromatic rings. The Bertz CT molecular complexity index is 283. The van der Waals surface area contributed by atoms with Gasteiger partial charge < -0.3 is 4.74 Å². The highest BCUT2D eigenvalue weighted by atomic mass is 16.5. The Labute approximate surface area is 77.7 Å². The second kappa shape index (κ2) is 3.32. The fourth-order valence-electron chi connectivity index (χ4n) is 1.76. The molecule has 0 aromatic carbocycles. The lowest BCUT2D eigenvalue weighted by Crippen LogP contribution is -2.32. The minimum atomic E-state index is -0.170. The predicted molar refractivity (Wildman–Crippen MR) is 48.9 cm³/mol. The molecule has 1 unspecified atom stereocenters. The molecule has 2 rings (SSSR count). The maximum absolute atomic E-state index is 11.4. The van der Waals surface area contributed by atoms with Gasteiger partial charge in [-0.2, -0.15) is 0 Å². The van der Waals surface area contributed by atoms with Crippen LogP contribution < -0.4 is 0 Å². The van der Waals surface area contributed by atoms with Crippen LogP contribution in [0.2, 0.25) is 0 Å². The molecule has 1 fully saturated rings. The van der Waals surface area contributed by atoms with Crippen LogP contribution in [-0.2, 0) is 9.53 Å². The highest BCUT2D eigenvalue weighted by molar-refractivity contribution is 6.39. The summed E-state index contributed by atoms with van der Waals surface area (Å²) in [4.78, 5) is 11.4. The van der Waals surface area contributed by atoms with Crippen molar-refractivity contribution in [2.24, 2.45) is 0 Å². The Morgan fingerprint density at radius 2 is 2.15 bits per heavy atom. The molecule has 1 atom stereocenters. The van der Waals surface area contributed by atoms with Crippen molar-refractivity contribution in [3.8, 4) is 0 Å². The van der Waals surface area contributed by atoms with E-state index in [9.17, 15) is 4.79 Å². The Morgan fingerprint density at radius 1 is 1.46 bits per heavy atom. The second-order valence-electron chi connectivity index (χ2n) is 3.55. The van der Waals surface area contributed by atoms with E-state index < -0.39 is 0 Å². The summed E-state index contributed by atoms with van der Waals surface area (Å²) in [5.74, 6) is -0.170. The van der Waals surface area contributed by atoms with Gasteiger partial charge in [0.05, 0.1) is 0 Å². The first-order valence-electron chi connectivity index (χ1n) is 4.78. The normalized spacial score (nSPS) is 28.1. The molecule has 0 amide bonds. The average molecular weight is 180 g/mol. The fourth-order valence-corrected chi connectivity index (χ4v) is 1.76. The number of carbonyl (C=O) groups is 1. The molecule has 0 radical (unpaired) electrons. The zero-order valence-corrected chi connectivity index (χ0v) is 7.82. The number of hydrogen-bond acceptors (Lipinski definition) is 2. The van der Waals surface area contributed by atoms with Crippen LogP contribution in [-0.4, -0.2) is 35.4 Å². The lowest BCUT2D eigenvalue weighted by atomic mass is 10.2. The number of rotatable bonds is 0.